The van der Waals surface area contributed by atoms with Crippen LogP contribution in [0.5, 0.6) is 0 Å². The summed E-state index contributed by atoms with van der Waals surface area (Å²) >= 11 is 0. The summed E-state index contributed by atoms with van der Waals surface area (Å²) in [5, 5.41) is 9.47. The molecule has 0 saturated carbocycles. The van der Waals surface area contributed by atoms with Crippen LogP contribution in [-0.2, 0) is 0 Å². The fourth-order valence-corrected chi connectivity index (χ4v) is 13.8. The van der Waals surface area contributed by atoms with Gasteiger partial charge in [0.05, 0.1) is 55.5 Å². The standard InChI is InChI=1S/C80H50N8/c1-5-23-51(24-6-1)78-82-79(52-25-7-2-8-26-52)84-80(83-78)61-42-41-56(87-71-38-19-15-33-59(71)66-47-64-57-31-13-17-36-69(57)85(74(64)49-76(66)87)54-27-9-3-10-28-54)46-62(61)63-45-53(68-35-21-22-44-81-68)40-43-73(63)88-72-39-20-16-34-60(72)67-48-65-58-32-14-18-37-70(58)86(75(65)50-77(67)88)55-29-11-4-12-30-55/h1-50H. The molecule has 0 radical (unpaired) electrons. The molecule has 0 bridgehead atoms. The van der Waals surface area contributed by atoms with Crippen molar-refractivity contribution < 1.29 is 0 Å². The van der Waals surface area contributed by atoms with Crippen LogP contribution in [-0.4, -0.2) is 38.2 Å². The van der Waals surface area contributed by atoms with E-state index < -0.39 is 0 Å². The van der Waals surface area contributed by atoms with E-state index in [1.807, 2.05) is 48.7 Å². The minimum atomic E-state index is 0.552. The number of hydrogen-bond acceptors (Lipinski definition) is 4. The van der Waals surface area contributed by atoms with E-state index in [2.05, 4.69) is 273 Å². The molecule has 0 spiro atoms. The molecule has 8 heteroatoms. The van der Waals surface area contributed by atoms with Crippen molar-refractivity contribution in [1.29, 1.82) is 0 Å². The first-order valence-electron chi connectivity index (χ1n) is 29.8. The summed E-state index contributed by atoms with van der Waals surface area (Å²) in [7, 11) is 0. The van der Waals surface area contributed by atoms with Gasteiger partial charge in [-0.25, -0.2) is 15.0 Å². The molecule has 8 nitrogen and oxygen atoms in total. The highest BCUT2D eigenvalue weighted by Crippen LogP contribution is 2.46. The van der Waals surface area contributed by atoms with E-state index in [1.165, 1.54) is 32.3 Å². The Labute approximate surface area is 505 Å². The van der Waals surface area contributed by atoms with Gasteiger partial charge >= 0.3 is 0 Å². The van der Waals surface area contributed by atoms with E-state index in [1.54, 1.807) is 0 Å². The average Bonchev–Trinajstić information content (AvgIpc) is 1.59. The molecule has 0 aliphatic carbocycles. The minimum Gasteiger partial charge on any atom is -0.309 e. The molecule has 0 saturated heterocycles. The number of para-hydroxylation sites is 6. The van der Waals surface area contributed by atoms with Crippen LogP contribution in [0.3, 0.4) is 0 Å². The number of benzene rings is 12. The van der Waals surface area contributed by atoms with Gasteiger partial charge in [-0.3, -0.25) is 4.98 Å². The molecule has 0 unspecified atom stereocenters. The van der Waals surface area contributed by atoms with Crippen molar-refractivity contribution in [3.63, 3.8) is 0 Å². The summed E-state index contributed by atoms with van der Waals surface area (Å²) in [4.78, 5) is 21.2. The molecule has 12 aromatic carbocycles. The maximum atomic E-state index is 5.48. The zero-order chi connectivity index (χ0) is 57.8. The number of pyridine rings is 1. The highest BCUT2D eigenvalue weighted by Gasteiger charge is 2.26. The molecule has 6 heterocycles. The molecule has 18 aromatic rings. The van der Waals surface area contributed by atoms with Gasteiger partial charge in [0, 0.05) is 94.2 Å². The summed E-state index contributed by atoms with van der Waals surface area (Å²) in [6, 6.07) is 107. The Morgan fingerprint density at radius 3 is 1.10 bits per heavy atom. The number of rotatable bonds is 9. The fourth-order valence-electron chi connectivity index (χ4n) is 13.8. The van der Waals surface area contributed by atoms with Gasteiger partial charge in [-0.1, -0.05) is 182 Å². The van der Waals surface area contributed by atoms with Gasteiger partial charge in [-0.15, -0.1) is 0 Å². The molecule has 18 rings (SSSR count). The Bertz CT molecular complexity index is 5730. The Kier molecular flexibility index (Phi) is 11.1. The van der Waals surface area contributed by atoms with E-state index in [-0.39, 0.29) is 0 Å². The molecule has 0 amide bonds. The smallest absolute Gasteiger partial charge is 0.164 e. The molecular weight excluding hydrogens is 1070 g/mol. The topological polar surface area (TPSA) is 71.3 Å². The molecule has 6 aromatic heterocycles. The Balaban J connectivity index is 0.974. The number of aromatic nitrogens is 8. The lowest BCUT2D eigenvalue weighted by atomic mass is 9.93. The summed E-state index contributed by atoms with van der Waals surface area (Å²) < 4.78 is 9.74. The molecule has 0 aliphatic rings. The van der Waals surface area contributed by atoms with Crippen LogP contribution in [0.15, 0.2) is 303 Å². The second-order valence-electron chi connectivity index (χ2n) is 22.6. The Morgan fingerprint density at radius 1 is 0.216 bits per heavy atom. The summed E-state index contributed by atoms with van der Waals surface area (Å²) in [6.45, 7) is 0. The van der Waals surface area contributed by atoms with Crippen molar-refractivity contribution >= 4 is 87.2 Å². The number of hydrogen-bond donors (Lipinski definition) is 0. The predicted octanol–water partition coefficient (Wildman–Crippen LogP) is 20.0. The monoisotopic (exact) mass is 1120 g/mol. The fraction of sp³-hybridized carbons (Fsp3) is 0. The largest absolute Gasteiger partial charge is 0.309 e. The van der Waals surface area contributed by atoms with E-state index in [0.717, 1.165) is 117 Å². The van der Waals surface area contributed by atoms with E-state index >= 15 is 0 Å². The van der Waals surface area contributed by atoms with Crippen LogP contribution in [0.25, 0.3) is 167 Å². The first kappa shape index (κ1) is 49.4. The van der Waals surface area contributed by atoms with Crippen LogP contribution in [0.4, 0.5) is 0 Å². The van der Waals surface area contributed by atoms with Crippen molar-refractivity contribution in [2.45, 2.75) is 0 Å². The van der Waals surface area contributed by atoms with Gasteiger partial charge in [0.15, 0.2) is 17.5 Å². The van der Waals surface area contributed by atoms with E-state index in [4.69, 9.17) is 19.9 Å². The zero-order valence-electron chi connectivity index (χ0n) is 47.4. The summed E-state index contributed by atoms with van der Waals surface area (Å²) in [6.07, 6.45) is 1.87. The molecule has 0 aliphatic heterocycles. The minimum absolute atomic E-state index is 0.552. The molecule has 0 fully saturated rings. The third-order valence-corrected chi connectivity index (χ3v) is 17.7. The summed E-state index contributed by atoms with van der Waals surface area (Å²) in [5.41, 5.74) is 19.5. The van der Waals surface area contributed by atoms with Crippen LogP contribution >= 0.6 is 0 Å². The number of nitrogens with zero attached hydrogens (tertiary/aromatic N) is 8. The lowest BCUT2D eigenvalue weighted by Crippen LogP contribution is -2.04. The first-order valence-corrected chi connectivity index (χ1v) is 29.8. The van der Waals surface area contributed by atoms with Gasteiger partial charge in [0.25, 0.3) is 0 Å². The average molecular weight is 1120 g/mol. The van der Waals surface area contributed by atoms with Crippen LogP contribution in [0.1, 0.15) is 0 Å². The maximum absolute atomic E-state index is 5.48. The van der Waals surface area contributed by atoms with Gasteiger partial charge < -0.3 is 18.3 Å². The quantitative estimate of drug-likeness (QED) is 0.144. The second-order valence-corrected chi connectivity index (χ2v) is 22.6. The van der Waals surface area contributed by atoms with Crippen molar-refractivity contribution in [3.05, 3.63) is 303 Å². The van der Waals surface area contributed by atoms with Crippen molar-refractivity contribution in [2.75, 3.05) is 0 Å². The Hall–Kier alpha value is -12.0. The van der Waals surface area contributed by atoms with Crippen LogP contribution < -0.4 is 0 Å². The van der Waals surface area contributed by atoms with Gasteiger partial charge in [0.2, 0.25) is 0 Å². The van der Waals surface area contributed by atoms with Crippen LogP contribution in [0.2, 0.25) is 0 Å². The lowest BCUT2D eigenvalue weighted by molar-refractivity contribution is 1.07. The lowest BCUT2D eigenvalue weighted by Gasteiger charge is -2.20. The van der Waals surface area contributed by atoms with Gasteiger partial charge in [-0.05, 0) is 121 Å². The van der Waals surface area contributed by atoms with Crippen molar-refractivity contribution in [1.82, 2.24) is 38.2 Å². The highest BCUT2D eigenvalue weighted by molar-refractivity contribution is 6.21. The SMILES string of the molecule is c1ccc(-c2nc(-c3ccccc3)nc(-c3ccc(-n4c5ccccc5c5cc6c7ccccc7n(-c7ccccc7)c6cc54)cc3-c3cc(-c4ccccn4)ccc3-n3c4ccccc4c4cc5c6ccccc6n(-c6ccccc6)c5cc43)n2)cc1. The maximum Gasteiger partial charge on any atom is 0.164 e. The second kappa shape index (κ2) is 19.8. The molecule has 88 heavy (non-hydrogen) atoms. The van der Waals surface area contributed by atoms with Gasteiger partial charge in [0.1, 0.15) is 0 Å². The van der Waals surface area contributed by atoms with E-state index in [0.29, 0.717) is 17.5 Å². The summed E-state index contributed by atoms with van der Waals surface area (Å²) in [5.74, 6) is 1.72. The molecule has 0 N–H and O–H groups in total. The molecular formula is C80H50N8. The predicted molar refractivity (Wildman–Crippen MR) is 362 cm³/mol. The third kappa shape index (κ3) is 7.72. The normalized spacial score (nSPS) is 11.9. The first-order chi connectivity index (χ1) is 43.7. The molecule has 0 atom stereocenters. The third-order valence-electron chi connectivity index (χ3n) is 17.7. The molecule has 410 valence electrons. The number of fused-ring (bicyclic) bond motifs is 12. The van der Waals surface area contributed by atoms with Crippen molar-refractivity contribution in [2.24, 2.45) is 0 Å². The van der Waals surface area contributed by atoms with Crippen molar-refractivity contribution in [3.8, 4) is 79.3 Å². The zero-order valence-corrected chi connectivity index (χ0v) is 47.4. The van der Waals surface area contributed by atoms with Crippen LogP contribution in [0, 0.1) is 0 Å². The van der Waals surface area contributed by atoms with Gasteiger partial charge in [-0.2, -0.15) is 0 Å². The highest BCUT2D eigenvalue weighted by atomic mass is 15.0. The van der Waals surface area contributed by atoms with E-state index in [9.17, 15) is 0 Å². The Morgan fingerprint density at radius 2 is 0.625 bits per heavy atom.